The molecule has 30 heavy (non-hydrogen) atoms. The largest absolute Gasteiger partial charge is 0.496 e. The van der Waals surface area contributed by atoms with Gasteiger partial charge < -0.3 is 15.0 Å². The molecule has 0 atom stereocenters. The molecule has 7 heteroatoms. The predicted octanol–water partition coefficient (Wildman–Crippen LogP) is 3.36. The molecule has 0 unspecified atom stereocenters. The van der Waals surface area contributed by atoms with E-state index in [2.05, 4.69) is 16.8 Å². The van der Waals surface area contributed by atoms with Crippen LogP contribution in [0.15, 0.2) is 55.1 Å². The van der Waals surface area contributed by atoms with Crippen LogP contribution in [0.2, 0.25) is 5.02 Å². The number of ether oxygens (including phenoxy) is 1. The first-order valence-corrected chi connectivity index (χ1v) is 10.2. The molecule has 1 aliphatic rings. The van der Waals surface area contributed by atoms with Crippen molar-refractivity contribution in [2.45, 2.75) is 13.0 Å². The summed E-state index contributed by atoms with van der Waals surface area (Å²) in [6.07, 6.45) is 1.57. The Morgan fingerprint density at radius 2 is 1.83 bits per heavy atom. The second-order valence-electron chi connectivity index (χ2n) is 7.18. The molecule has 158 valence electrons. The molecule has 0 spiro atoms. The van der Waals surface area contributed by atoms with Crippen molar-refractivity contribution in [1.82, 2.24) is 9.80 Å². The van der Waals surface area contributed by atoms with Crippen molar-refractivity contribution in [3.8, 4) is 5.75 Å². The van der Waals surface area contributed by atoms with Gasteiger partial charge in [0, 0.05) is 49.0 Å². The maximum atomic E-state index is 12.4. The second kappa shape index (κ2) is 10.3. The molecule has 2 amide bonds. The maximum Gasteiger partial charge on any atom is 0.246 e. The summed E-state index contributed by atoms with van der Waals surface area (Å²) in [6.45, 7) is 7.45. The normalized spacial score (nSPS) is 14.3. The fourth-order valence-corrected chi connectivity index (χ4v) is 3.61. The van der Waals surface area contributed by atoms with Gasteiger partial charge in [-0.05, 0) is 35.9 Å². The van der Waals surface area contributed by atoms with Crippen LogP contribution in [-0.2, 0) is 22.6 Å². The molecule has 1 N–H and O–H groups in total. The Hall–Kier alpha value is -2.83. The summed E-state index contributed by atoms with van der Waals surface area (Å²) in [5.74, 6) is 0.472. The van der Waals surface area contributed by atoms with E-state index in [1.54, 1.807) is 25.3 Å². The molecule has 0 aromatic heterocycles. The first-order chi connectivity index (χ1) is 14.5. The van der Waals surface area contributed by atoms with E-state index in [1.807, 2.05) is 29.2 Å². The molecule has 6 nitrogen and oxygen atoms in total. The van der Waals surface area contributed by atoms with Crippen LogP contribution in [0.25, 0.3) is 0 Å². The maximum absolute atomic E-state index is 12.4. The van der Waals surface area contributed by atoms with E-state index in [0.717, 1.165) is 36.4 Å². The topological polar surface area (TPSA) is 61.9 Å². The molecule has 1 heterocycles. The summed E-state index contributed by atoms with van der Waals surface area (Å²) in [5.41, 5.74) is 2.69. The summed E-state index contributed by atoms with van der Waals surface area (Å²) < 4.78 is 5.30. The molecule has 3 rings (SSSR count). The zero-order valence-electron chi connectivity index (χ0n) is 17.1. The predicted molar refractivity (Wildman–Crippen MR) is 119 cm³/mol. The van der Waals surface area contributed by atoms with Gasteiger partial charge in [-0.3, -0.25) is 14.5 Å². The van der Waals surface area contributed by atoms with E-state index in [-0.39, 0.29) is 18.2 Å². The van der Waals surface area contributed by atoms with E-state index in [0.29, 0.717) is 23.9 Å². The van der Waals surface area contributed by atoms with E-state index in [4.69, 9.17) is 16.3 Å². The van der Waals surface area contributed by atoms with E-state index >= 15 is 0 Å². The first-order valence-electron chi connectivity index (χ1n) is 9.83. The lowest BCUT2D eigenvalue weighted by Gasteiger charge is -2.34. The van der Waals surface area contributed by atoms with Crippen LogP contribution >= 0.6 is 11.6 Å². The molecule has 0 bridgehead atoms. The van der Waals surface area contributed by atoms with Gasteiger partial charge in [0.25, 0.3) is 0 Å². The second-order valence-corrected chi connectivity index (χ2v) is 7.62. The molecule has 0 aliphatic carbocycles. The number of hydrogen-bond donors (Lipinski definition) is 1. The number of piperazine rings is 1. The number of rotatable bonds is 7. The Morgan fingerprint density at radius 1 is 1.13 bits per heavy atom. The van der Waals surface area contributed by atoms with Gasteiger partial charge in [-0.2, -0.15) is 0 Å². The molecular weight excluding hydrogens is 402 g/mol. The van der Waals surface area contributed by atoms with Gasteiger partial charge in [0.2, 0.25) is 11.8 Å². The Kier molecular flexibility index (Phi) is 7.49. The SMILES string of the molecule is C=CC(=O)N1CCN(Cc2ccc(NC(=O)Cc3ccc(Cl)cc3OC)cc2)CC1. The van der Waals surface area contributed by atoms with Crippen molar-refractivity contribution in [1.29, 1.82) is 0 Å². The first kappa shape index (κ1) is 21.9. The smallest absolute Gasteiger partial charge is 0.246 e. The van der Waals surface area contributed by atoms with Crippen molar-refractivity contribution in [3.05, 3.63) is 71.3 Å². The number of nitrogens with zero attached hydrogens (tertiary/aromatic N) is 2. The van der Waals surface area contributed by atoms with Crippen LogP contribution in [0.1, 0.15) is 11.1 Å². The van der Waals surface area contributed by atoms with Crippen LogP contribution in [0.4, 0.5) is 5.69 Å². The number of hydrogen-bond acceptors (Lipinski definition) is 4. The Balaban J connectivity index is 1.50. The minimum atomic E-state index is -0.119. The summed E-state index contributed by atoms with van der Waals surface area (Å²) in [5, 5.41) is 3.49. The van der Waals surface area contributed by atoms with Gasteiger partial charge in [0.1, 0.15) is 5.75 Å². The summed E-state index contributed by atoms with van der Waals surface area (Å²) in [7, 11) is 1.56. The van der Waals surface area contributed by atoms with Gasteiger partial charge in [-0.25, -0.2) is 0 Å². The van der Waals surface area contributed by atoms with Gasteiger partial charge in [-0.1, -0.05) is 36.4 Å². The van der Waals surface area contributed by atoms with Crippen molar-refractivity contribution in [2.24, 2.45) is 0 Å². The highest BCUT2D eigenvalue weighted by Crippen LogP contribution is 2.24. The molecule has 2 aromatic carbocycles. The third-order valence-electron chi connectivity index (χ3n) is 5.10. The number of halogens is 1. The quantitative estimate of drug-likeness (QED) is 0.688. The highest BCUT2D eigenvalue weighted by Gasteiger charge is 2.19. The molecule has 1 aliphatic heterocycles. The lowest BCUT2D eigenvalue weighted by atomic mass is 10.1. The number of anilines is 1. The van der Waals surface area contributed by atoms with Gasteiger partial charge in [0.15, 0.2) is 0 Å². The van der Waals surface area contributed by atoms with Gasteiger partial charge >= 0.3 is 0 Å². The van der Waals surface area contributed by atoms with Crippen molar-refractivity contribution in [2.75, 3.05) is 38.6 Å². The van der Waals surface area contributed by atoms with Gasteiger partial charge in [0.05, 0.1) is 13.5 Å². The minimum Gasteiger partial charge on any atom is -0.496 e. The molecule has 0 radical (unpaired) electrons. The third-order valence-corrected chi connectivity index (χ3v) is 5.34. The standard InChI is InChI=1S/C23H26ClN3O3/c1-3-23(29)27-12-10-26(11-13-27)16-17-4-8-20(9-5-17)25-22(28)14-18-6-7-19(24)15-21(18)30-2/h3-9,15H,1,10-14,16H2,2H3,(H,25,28). The van der Waals surface area contributed by atoms with Crippen LogP contribution < -0.4 is 10.1 Å². The number of carbonyl (C=O) groups excluding carboxylic acids is 2. The third kappa shape index (κ3) is 5.84. The van der Waals surface area contributed by atoms with Crippen LogP contribution in [0, 0.1) is 0 Å². The highest BCUT2D eigenvalue weighted by atomic mass is 35.5. The van der Waals surface area contributed by atoms with Crippen molar-refractivity contribution < 1.29 is 14.3 Å². The van der Waals surface area contributed by atoms with Crippen molar-refractivity contribution >= 4 is 29.1 Å². The molecular formula is C23H26ClN3O3. The van der Waals surface area contributed by atoms with E-state index in [9.17, 15) is 9.59 Å². The summed E-state index contributed by atoms with van der Waals surface area (Å²) in [4.78, 5) is 28.2. The minimum absolute atomic E-state index is 0.00837. The zero-order chi connectivity index (χ0) is 21.5. The number of methoxy groups -OCH3 is 1. The van der Waals surface area contributed by atoms with Crippen LogP contribution in [-0.4, -0.2) is 54.9 Å². The fraction of sp³-hybridized carbons (Fsp3) is 0.304. The Labute approximate surface area is 182 Å². The summed E-state index contributed by atoms with van der Waals surface area (Å²) >= 11 is 5.97. The van der Waals surface area contributed by atoms with Crippen LogP contribution in [0.3, 0.4) is 0 Å². The number of benzene rings is 2. The molecule has 2 aromatic rings. The lowest BCUT2D eigenvalue weighted by Crippen LogP contribution is -2.47. The number of amides is 2. The monoisotopic (exact) mass is 427 g/mol. The molecule has 0 saturated carbocycles. The fourth-order valence-electron chi connectivity index (χ4n) is 3.45. The lowest BCUT2D eigenvalue weighted by molar-refractivity contribution is -0.127. The molecule has 1 saturated heterocycles. The van der Waals surface area contributed by atoms with Crippen LogP contribution in [0.5, 0.6) is 5.75 Å². The zero-order valence-corrected chi connectivity index (χ0v) is 17.8. The highest BCUT2D eigenvalue weighted by molar-refractivity contribution is 6.30. The summed E-state index contributed by atoms with van der Waals surface area (Å²) in [6, 6.07) is 13.1. The van der Waals surface area contributed by atoms with E-state index in [1.165, 1.54) is 6.08 Å². The number of carbonyl (C=O) groups is 2. The average molecular weight is 428 g/mol. The average Bonchev–Trinajstić information content (AvgIpc) is 2.76. The Morgan fingerprint density at radius 3 is 2.47 bits per heavy atom. The Bertz CT molecular complexity index is 906. The van der Waals surface area contributed by atoms with E-state index < -0.39 is 0 Å². The number of nitrogens with one attached hydrogen (secondary N) is 1. The van der Waals surface area contributed by atoms with Crippen molar-refractivity contribution in [3.63, 3.8) is 0 Å². The van der Waals surface area contributed by atoms with Gasteiger partial charge in [-0.15, -0.1) is 0 Å². The molecule has 1 fully saturated rings.